The lowest BCUT2D eigenvalue weighted by Gasteiger charge is -2.07. The summed E-state index contributed by atoms with van der Waals surface area (Å²) >= 11 is 12.1. The highest BCUT2D eigenvalue weighted by molar-refractivity contribution is 7.91. The molecule has 1 heterocycles. The predicted molar refractivity (Wildman–Crippen MR) is 118 cm³/mol. The van der Waals surface area contributed by atoms with E-state index >= 15 is 0 Å². The zero-order valence-corrected chi connectivity index (χ0v) is 18.2. The van der Waals surface area contributed by atoms with Crippen LogP contribution in [-0.4, -0.2) is 13.4 Å². The molecule has 9 heteroatoms. The van der Waals surface area contributed by atoms with E-state index in [2.05, 4.69) is 10.3 Å². The van der Waals surface area contributed by atoms with Gasteiger partial charge in [-0.15, -0.1) is 0 Å². The summed E-state index contributed by atoms with van der Waals surface area (Å²) in [5.41, 5.74) is 1.30. The number of benzene rings is 3. The molecule has 3 aromatic carbocycles. The van der Waals surface area contributed by atoms with Crippen LogP contribution < -0.4 is 5.32 Å². The summed E-state index contributed by atoms with van der Waals surface area (Å²) in [5, 5.41) is 3.70. The Morgan fingerprint density at radius 2 is 1.61 bits per heavy atom. The van der Waals surface area contributed by atoms with E-state index in [1.165, 1.54) is 12.1 Å². The molecule has 1 N–H and O–H groups in total. The molecule has 5 nitrogen and oxygen atoms in total. The van der Waals surface area contributed by atoms with Crippen LogP contribution in [0.2, 0.25) is 10.0 Å². The molecule has 0 saturated heterocycles. The van der Waals surface area contributed by atoms with Gasteiger partial charge in [-0.3, -0.25) is 0 Å². The fraction of sp³-hybridized carbons (Fsp3) is 0.0455. The minimum atomic E-state index is -4.09. The molecule has 31 heavy (non-hydrogen) atoms. The first kappa shape index (κ1) is 21.4. The minimum absolute atomic E-state index is 0.0470. The van der Waals surface area contributed by atoms with Gasteiger partial charge in [0.25, 0.3) is 0 Å². The lowest BCUT2D eigenvalue weighted by Crippen LogP contribution is -2.07. The second-order valence-electron chi connectivity index (χ2n) is 6.56. The van der Waals surface area contributed by atoms with Gasteiger partial charge >= 0.3 is 0 Å². The van der Waals surface area contributed by atoms with E-state index in [0.29, 0.717) is 15.6 Å². The number of oxazole rings is 1. The molecule has 0 radical (unpaired) electrons. The molecule has 0 unspecified atom stereocenters. The van der Waals surface area contributed by atoms with Crippen LogP contribution in [0.25, 0.3) is 11.5 Å². The van der Waals surface area contributed by atoms with Gasteiger partial charge < -0.3 is 9.73 Å². The molecule has 0 aliphatic heterocycles. The summed E-state index contributed by atoms with van der Waals surface area (Å²) in [7, 11) is -4.09. The summed E-state index contributed by atoms with van der Waals surface area (Å²) in [6.45, 7) is 0.209. The van der Waals surface area contributed by atoms with E-state index in [4.69, 9.17) is 27.6 Å². The molecule has 0 aliphatic rings. The lowest BCUT2D eigenvalue weighted by atomic mass is 10.2. The maximum atomic E-state index is 13.3. The highest BCUT2D eigenvalue weighted by atomic mass is 35.5. The average Bonchev–Trinajstić information content (AvgIpc) is 3.19. The van der Waals surface area contributed by atoms with Crippen LogP contribution in [0.3, 0.4) is 0 Å². The second kappa shape index (κ2) is 8.70. The number of rotatable bonds is 6. The number of anilines is 1. The average molecular weight is 477 g/mol. The molecule has 0 amide bonds. The summed E-state index contributed by atoms with van der Waals surface area (Å²) in [6.07, 6.45) is 0. The Balaban J connectivity index is 1.77. The van der Waals surface area contributed by atoms with E-state index in [1.54, 1.807) is 42.5 Å². The summed E-state index contributed by atoms with van der Waals surface area (Å²) in [5.74, 6) is -0.494. The fourth-order valence-electron chi connectivity index (χ4n) is 2.86. The first-order chi connectivity index (χ1) is 14.8. The van der Waals surface area contributed by atoms with Crippen LogP contribution in [0.15, 0.2) is 87.1 Å². The molecule has 158 valence electrons. The number of aromatic nitrogens is 1. The van der Waals surface area contributed by atoms with Crippen molar-refractivity contribution in [1.82, 2.24) is 4.98 Å². The Morgan fingerprint density at radius 3 is 2.29 bits per heavy atom. The molecule has 1 aromatic heterocycles. The quantitative estimate of drug-likeness (QED) is 0.333. The smallest absolute Gasteiger partial charge is 0.234 e. The number of halogens is 3. The standard InChI is InChI=1S/C22H15Cl2FN2O3S/c23-16-7-5-14(6-8-16)20-27-22(31(28,29)18-11-9-17(25)10-12-18)21(30-20)26-13-15-3-1-2-4-19(15)24/h1-12,26H,13H2. The Bertz CT molecular complexity index is 1320. The molecule has 0 bridgehead atoms. The molecular weight excluding hydrogens is 462 g/mol. The summed E-state index contributed by atoms with van der Waals surface area (Å²) < 4.78 is 45.5. The molecule has 4 aromatic rings. The highest BCUT2D eigenvalue weighted by Gasteiger charge is 2.28. The van der Waals surface area contributed by atoms with Gasteiger partial charge in [-0.2, -0.15) is 4.98 Å². The zero-order valence-electron chi connectivity index (χ0n) is 15.8. The van der Waals surface area contributed by atoms with Gasteiger partial charge in [0.1, 0.15) is 5.82 Å². The maximum Gasteiger partial charge on any atom is 0.234 e. The number of nitrogens with zero attached hydrogens (tertiary/aromatic N) is 1. The molecule has 0 saturated carbocycles. The van der Waals surface area contributed by atoms with Crippen molar-refractivity contribution in [3.05, 3.63) is 94.2 Å². The molecule has 0 aliphatic carbocycles. The van der Waals surface area contributed by atoms with Crippen molar-refractivity contribution in [2.45, 2.75) is 16.5 Å². The third-order valence-electron chi connectivity index (χ3n) is 4.46. The van der Waals surface area contributed by atoms with Crippen molar-refractivity contribution in [3.63, 3.8) is 0 Å². The largest absolute Gasteiger partial charge is 0.419 e. The van der Waals surface area contributed by atoms with Gasteiger partial charge in [0.15, 0.2) is 0 Å². The monoisotopic (exact) mass is 476 g/mol. The van der Waals surface area contributed by atoms with E-state index in [9.17, 15) is 12.8 Å². The number of hydrogen-bond acceptors (Lipinski definition) is 5. The summed E-state index contributed by atoms with van der Waals surface area (Å²) in [4.78, 5) is 4.12. The van der Waals surface area contributed by atoms with Crippen LogP contribution in [0.4, 0.5) is 10.3 Å². The first-order valence-corrected chi connectivity index (χ1v) is 11.3. The molecule has 0 spiro atoms. The third-order valence-corrected chi connectivity index (χ3v) is 6.76. The van der Waals surface area contributed by atoms with Crippen LogP contribution >= 0.6 is 23.2 Å². The predicted octanol–water partition coefficient (Wildman–Crippen LogP) is 6.23. The SMILES string of the molecule is O=S(=O)(c1ccc(F)cc1)c1nc(-c2ccc(Cl)cc2)oc1NCc1ccccc1Cl. The topological polar surface area (TPSA) is 72.2 Å². The van der Waals surface area contributed by atoms with Gasteiger partial charge in [0.05, 0.1) is 4.90 Å². The van der Waals surface area contributed by atoms with Gasteiger partial charge in [-0.25, -0.2) is 12.8 Å². The Hall–Kier alpha value is -2.87. The Morgan fingerprint density at radius 1 is 0.935 bits per heavy atom. The number of hydrogen-bond donors (Lipinski definition) is 1. The van der Waals surface area contributed by atoms with Crippen LogP contribution in [-0.2, 0) is 16.4 Å². The van der Waals surface area contributed by atoms with Gasteiger partial charge in [-0.1, -0.05) is 41.4 Å². The minimum Gasteiger partial charge on any atom is -0.419 e. The normalized spacial score (nSPS) is 11.5. The lowest BCUT2D eigenvalue weighted by molar-refractivity contribution is 0.576. The van der Waals surface area contributed by atoms with Crippen molar-refractivity contribution >= 4 is 38.9 Å². The Kier molecular flexibility index (Phi) is 6.00. The van der Waals surface area contributed by atoms with Gasteiger partial charge in [0, 0.05) is 22.2 Å². The first-order valence-electron chi connectivity index (χ1n) is 9.09. The van der Waals surface area contributed by atoms with Gasteiger partial charge in [0.2, 0.25) is 26.6 Å². The van der Waals surface area contributed by atoms with E-state index in [1.807, 2.05) is 6.07 Å². The molecule has 0 fully saturated rings. The van der Waals surface area contributed by atoms with Crippen molar-refractivity contribution in [1.29, 1.82) is 0 Å². The van der Waals surface area contributed by atoms with Crippen molar-refractivity contribution < 1.29 is 17.2 Å². The zero-order chi connectivity index (χ0) is 22.0. The van der Waals surface area contributed by atoms with Crippen LogP contribution in [0, 0.1) is 5.82 Å². The molecule has 4 rings (SSSR count). The van der Waals surface area contributed by atoms with Crippen molar-refractivity contribution in [2.75, 3.05) is 5.32 Å². The third kappa shape index (κ3) is 4.58. The molecule has 0 atom stereocenters. The number of sulfone groups is 1. The van der Waals surface area contributed by atoms with Crippen molar-refractivity contribution in [3.8, 4) is 11.5 Å². The summed E-state index contributed by atoms with van der Waals surface area (Å²) in [6, 6.07) is 18.3. The fourth-order valence-corrected chi connectivity index (χ4v) is 4.47. The van der Waals surface area contributed by atoms with E-state index < -0.39 is 15.7 Å². The second-order valence-corrected chi connectivity index (χ2v) is 9.27. The molecular formula is C22H15Cl2FN2O3S. The van der Waals surface area contributed by atoms with E-state index in [-0.39, 0.29) is 28.2 Å². The van der Waals surface area contributed by atoms with Gasteiger partial charge in [-0.05, 0) is 60.2 Å². The Labute approximate surface area is 188 Å². The number of nitrogens with one attached hydrogen (secondary N) is 1. The van der Waals surface area contributed by atoms with Crippen LogP contribution in [0.1, 0.15) is 5.56 Å². The van der Waals surface area contributed by atoms with Crippen LogP contribution in [0.5, 0.6) is 0 Å². The van der Waals surface area contributed by atoms with E-state index in [0.717, 1.165) is 17.7 Å². The highest BCUT2D eigenvalue weighted by Crippen LogP contribution is 2.33. The maximum absolute atomic E-state index is 13.3. The van der Waals surface area contributed by atoms with Crippen molar-refractivity contribution in [2.24, 2.45) is 0 Å².